The highest BCUT2D eigenvalue weighted by atomic mass is 16.2. The molecule has 0 spiro atoms. The van der Waals surface area contributed by atoms with Crippen LogP contribution in [0, 0.1) is 6.92 Å². The van der Waals surface area contributed by atoms with Gasteiger partial charge in [0.1, 0.15) is 0 Å². The minimum Gasteiger partial charge on any atom is -0.325 e. The highest BCUT2D eigenvalue weighted by Gasteiger charge is 2.17. The van der Waals surface area contributed by atoms with E-state index in [-0.39, 0.29) is 5.91 Å². The molecule has 98 valence electrons. The number of hydrogen-bond acceptors (Lipinski definition) is 3. The Balaban J connectivity index is 1.83. The molecular formula is C14H21N3O. The van der Waals surface area contributed by atoms with E-state index in [1.165, 1.54) is 5.56 Å². The summed E-state index contributed by atoms with van der Waals surface area (Å²) in [4.78, 5) is 14.1. The summed E-state index contributed by atoms with van der Waals surface area (Å²) in [6, 6.07) is 8.35. The highest BCUT2D eigenvalue weighted by molar-refractivity contribution is 5.92. The number of carbonyl (C=O) groups is 1. The van der Waals surface area contributed by atoms with Crippen molar-refractivity contribution >= 4 is 11.6 Å². The van der Waals surface area contributed by atoms with Crippen LogP contribution in [0.3, 0.4) is 0 Å². The van der Waals surface area contributed by atoms with Gasteiger partial charge in [0.05, 0.1) is 6.54 Å². The maximum Gasteiger partial charge on any atom is 0.238 e. The van der Waals surface area contributed by atoms with Crippen LogP contribution in [0.5, 0.6) is 0 Å². The van der Waals surface area contributed by atoms with Crippen molar-refractivity contribution in [2.75, 3.05) is 31.5 Å². The van der Waals surface area contributed by atoms with Crippen molar-refractivity contribution in [2.24, 2.45) is 0 Å². The monoisotopic (exact) mass is 247 g/mol. The number of piperazine rings is 1. The van der Waals surface area contributed by atoms with Gasteiger partial charge in [-0.1, -0.05) is 17.7 Å². The van der Waals surface area contributed by atoms with E-state index in [1.807, 2.05) is 31.2 Å². The number of aryl methyl sites for hydroxylation is 1. The van der Waals surface area contributed by atoms with Crippen molar-refractivity contribution < 1.29 is 4.79 Å². The molecule has 18 heavy (non-hydrogen) atoms. The third-order valence-corrected chi connectivity index (χ3v) is 3.16. The first-order chi connectivity index (χ1) is 8.63. The molecule has 2 N–H and O–H groups in total. The fourth-order valence-corrected chi connectivity index (χ4v) is 2.20. The third kappa shape index (κ3) is 3.82. The summed E-state index contributed by atoms with van der Waals surface area (Å²) in [6.45, 7) is 7.48. The van der Waals surface area contributed by atoms with Crippen LogP contribution in [0.4, 0.5) is 5.69 Å². The molecule has 1 aromatic rings. The molecule has 0 aromatic heterocycles. The van der Waals surface area contributed by atoms with E-state index in [4.69, 9.17) is 0 Å². The van der Waals surface area contributed by atoms with Gasteiger partial charge in [-0.15, -0.1) is 0 Å². The van der Waals surface area contributed by atoms with Crippen molar-refractivity contribution in [3.8, 4) is 0 Å². The van der Waals surface area contributed by atoms with Crippen LogP contribution < -0.4 is 10.6 Å². The van der Waals surface area contributed by atoms with Crippen molar-refractivity contribution in [1.29, 1.82) is 0 Å². The van der Waals surface area contributed by atoms with Crippen LogP contribution in [-0.4, -0.2) is 43.0 Å². The number of nitrogens with one attached hydrogen (secondary N) is 2. The Labute approximate surface area is 108 Å². The number of amides is 1. The minimum absolute atomic E-state index is 0.0629. The molecule has 0 radical (unpaired) electrons. The standard InChI is InChI=1S/C14H21N3O/c1-11-3-5-13(6-4-11)16-14(18)10-17-8-7-15-12(2)9-17/h3-6,12,15H,7-10H2,1-2H3,(H,16,18). The summed E-state index contributed by atoms with van der Waals surface area (Å²) in [7, 11) is 0. The molecule has 1 aliphatic rings. The Morgan fingerprint density at radius 2 is 2.17 bits per heavy atom. The Bertz CT molecular complexity index is 402. The first-order valence-corrected chi connectivity index (χ1v) is 6.46. The number of carbonyl (C=O) groups excluding carboxylic acids is 1. The number of hydrogen-bond donors (Lipinski definition) is 2. The van der Waals surface area contributed by atoms with E-state index >= 15 is 0 Å². The Hall–Kier alpha value is -1.39. The van der Waals surface area contributed by atoms with Crippen LogP contribution >= 0.6 is 0 Å². The normalized spacial score (nSPS) is 20.7. The molecule has 1 saturated heterocycles. The zero-order valence-corrected chi connectivity index (χ0v) is 11.1. The van der Waals surface area contributed by atoms with Gasteiger partial charge in [0.15, 0.2) is 0 Å². The van der Waals surface area contributed by atoms with Crippen molar-refractivity contribution in [3.05, 3.63) is 29.8 Å². The molecule has 1 aromatic carbocycles. The molecule has 4 heteroatoms. The quantitative estimate of drug-likeness (QED) is 0.844. The number of anilines is 1. The summed E-state index contributed by atoms with van der Waals surface area (Å²) >= 11 is 0. The molecule has 0 aliphatic carbocycles. The van der Waals surface area contributed by atoms with Crippen LogP contribution in [0.15, 0.2) is 24.3 Å². The first kappa shape index (κ1) is 13.1. The summed E-state index contributed by atoms with van der Waals surface area (Å²) in [5.74, 6) is 0.0629. The average molecular weight is 247 g/mol. The number of rotatable bonds is 3. The molecule has 0 saturated carbocycles. The topological polar surface area (TPSA) is 44.4 Å². The van der Waals surface area contributed by atoms with E-state index in [0.29, 0.717) is 12.6 Å². The number of benzene rings is 1. The summed E-state index contributed by atoms with van der Waals surface area (Å²) in [5.41, 5.74) is 2.07. The predicted octanol–water partition coefficient (Wildman–Crippen LogP) is 1.23. The van der Waals surface area contributed by atoms with Crippen LogP contribution in [0.25, 0.3) is 0 Å². The lowest BCUT2D eigenvalue weighted by atomic mass is 10.2. The van der Waals surface area contributed by atoms with E-state index in [0.717, 1.165) is 25.3 Å². The summed E-state index contributed by atoms with van der Waals surface area (Å²) < 4.78 is 0. The Morgan fingerprint density at radius 1 is 1.44 bits per heavy atom. The fraction of sp³-hybridized carbons (Fsp3) is 0.500. The first-order valence-electron chi connectivity index (χ1n) is 6.46. The van der Waals surface area contributed by atoms with Crippen molar-refractivity contribution in [3.63, 3.8) is 0 Å². The largest absolute Gasteiger partial charge is 0.325 e. The van der Waals surface area contributed by atoms with Gasteiger partial charge < -0.3 is 10.6 Å². The van der Waals surface area contributed by atoms with E-state index in [2.05, 4.69) is 22.5 Å². The van der Waals surface area contributed by atoms with Gasteiger partial charge >= 0.3 is 0 Å². The molecule has 4 nitrogen and oxygen atoms in total. The Kier molecular flexibility index (Phi) is 4.33. The average Bonchev–Trinajstić information content (AvgIpc) is 2.32. The van der Waals surface area contributed by atoms with E-state index in [9.17, 15) is 4.79 Å². The molecule has 1 heterocycles. The lowest BCUT2D eigenvalue weighted by Gasteiger charge is -2.31. The predicted molar refractivity (Wildman–Crippen MR) is 73.7 cm³/mol. The molecule has 1 fully saturated rings. The van der Waals surface area contributed by atoms with Crippen molar-refractivity contribution in [1.82, 2.24) is 10.2 Å². The third-order valence-electron chi connectivity index (χ3n) is 3.16. The van der Waals surface area contributed by atoms with Gasteiger partial charge in [-0.3, -0.25) is 9.69 Å². The van der Waals surface area contributed by atoms with Gasteiger partial charge in [0.25, 0.3) is 0 Å². The molecule has 0 bridgehead atoms. The second kappa shape index (κ2) is 5.98. The molecule has 1 atom stereocenters. The lowest BCUT2D eigenvalue weighted by molar-refractivity contribution is -0.117. The lowest BCUT2D eigenvalue weighted by Crippen LogP contribution is -2.51. The molecule has 2 rings (SSSR count). The molecule has 1 aliphatic heterocycles. The van der Waals surface area contributed by atoms with Gasteiger partial charge in [-0.25, -0.2) is 0 Å². The van der Waals surface area contributed by atoms with Crippen LogP contribution in [0.1, 0.15) is 12.5 Å². The summed E-state index contributed by atoms with van der Waals surface area (Å²) in [6.07, 6.45) is 0. The Morgan fingerprint density at radius 3 is 2.83 bits per heavy atom. The maximum atomic E-state index is 11.9. The smallest absolute Gasteiger partial charge is 0.238 e. The van der Waals surface area contributed by atoms with Crippen LogP contribution in [-0.2, 0) is 4.79 Å². The SMILES string of the molecule is Cc1ccc(NC(=O)CN2CCNC(C)C2)cc1. The summed E-state index contributed by atoms with van der Waals surface area (Å²) in [5, 5.41) is 6.30. The van der Waals surface area contributed by atoms with Gasteiger partial charge in [-0.05, 0) is 26.0 Å². The van der Waals surface area contributed by atoms with E-state index < -0.39 is 0 Å². The minimum atomic E-state index is 0.0629. The highest BCUT2D eigenvalue weighted by Crippen LogP contribution is 2.08. The molecule has 1 unspecified atom stereocenters. The zero-order valence-electron chi connectivity index (χ0n) is 11.1. The van der Waals surface area contributed by atoms with Gasteiger partial charge in [0.2, 0.25) is 5.91 Å². The van der Waals surface area contributed by atoms with Crippen LogP contribution in [0.2, 0.25) is 0 Å². The van der Waals surface area contributed by atoms with Gasteiger partial charge in [0, 0.05) is 31.4 Å². The second-order valence-corrected chi connectivity index (χ2v) is 5.00. The maximum absolute atomic E-state index is 11.9. The van der Waals surface area contributed by atoms with Gasteiger partial charge in [-0.2, -0.15) is 0 Å². The van der Waals surface area contributed by atoms with Crippen molar-refractivity contribution in [2.45, 2.75) is 19.9 Å². The molecule has 1 amide bonds. The second-order valence-electron chi connectivity index (χ2n) is 5.00. The zero-order chi connectivity index (χ0) is 13.0. The van der Waals surface area contributed by atoms with E-state index in [1.54, 1.807) is 0 Å². The fourth-order valence-electron chi connectivity index (χ4n) is 2.20. The number of nitrogens with zero attached hydrogens (tertiary/aromatic N) is 1. The molecular weight excluding hydrogens is 226 g/mol.